The van der Waals surface area contributed by atoms with Gasteiger partial charge in [0, 0.05) is 12.2 Å². The Kier molecular flexibility index (Phi) is 6.16. The molecule has 1 N–H and O–H groups in total. The minimum atomic E-state index is -0.964. The quantitative estimate of drug-likeness (QED) is 0.899. The van der Waals surface area contributed by atoms with Crippen LogP contribution in [0.4, 0.5) is 4.79 Å². The summed E-state index contributed by atoms with van der Waals surface area (Å²) in [6, 6.07) is 8.95. The molecule has 0 fully saturated rings. The van der Waals surface area contributed by atoms with Crippen LogP contribution in [0.15, 0.2) is 36.5 Å². The van der Waals surface area contributed by atoms with Crippen LogP contribution in [0.25, 0.3) is 6.08 Å². The minimum Gasteiger partial charge on any atom is -0.481 e. The summed E-state index contributed by atoms with van der Waals surface area (Å²) in [5.41, 5.74) is 0.275. The van der Waals surface area contributed by atoms with Crippen molar-refractivity contribution in [3.63, 3.8) is 0 Å². The molecule has 0 spiro atoms. The van der Waals surface area contributed by atoms with Gasteiger partial charge in [0.15, 0.2) is 0 Å². The van der Waals surface area contributed by atoms with E-state index in [1.165, 1.54) is 4.90 Å². The van der Waals surface area contributed by atoms with Gasteiger partial charge in [-0.1, -0.05) is 30.3 Å². The Balaban J connectivity index is 2.93. The van der Waals surface area contributed by atoms with E-state index in [4.69, 9.17) is 9.84 Å². The number of benzene rings is 1. The number of ether oxygens (including phenoxy) is 1. The second kappa shape index (κ2) is 7.64. The van der Waals surface area contributed by atoms with E-state index in [1.54, 1.807) is 40.0 Å². The third kappa shape index (κ3) is 6.43. The highest BCUT2D eigenvalue weighted by Crippen LogP contribution is 2.15. The standard InChI is InChI=1S/C17H23NO4/c1-13(12-15(19)20)18(16(21)22-17(2,3)4)11-10-14-8-6-5-7-9-14/h5-11,13H,12H2,1-4H3,(H,19,20). The van der Waals surface area contributed by atoms with Crippen molar-refractivity contribution in [2.24, 2.45) is 0 Å². The summed E-state index contributed by atoms with van der Waals surface area (Å²) >= 11 is 0. The van der Waals surface area contributed by atoms with E-state index in [1.807, 2.05) is 30.3 Å². The monoisotopic (exact) mass is 305 g/mol. The average molecular weight is 305 g/mol. The summed E-state index contributed by atoms with van der Waals surface area (Å²) in [6.07, 6.45) is 2.60. The fourth-order valence-electron chi connectivity index (χ4n) is 1.78. The Morgan fingerprint density at radius 1 is 1.27 bits per heavy atom. The van der Waals surface area contributed by atoms with E-state index in [9.17, 15) is 9.59 Å². The number of amides is 1. The summed E-state index contributed by atoms with van der Waals surface area (Å²) in [7, 11) is 0. The number of rotatable bonds is 5. The van der Waals surface area contributed by atoms with Gasteiger partial charge in [0.2, 0.25) is 0 Å². The van der Waals surface area contributed by atoms with Crippen LogP contribution in [0.5, 0.6) is 0 Å². The average Bonchev–Trinajstić information content (AvgIpc) is 2.37. The predicted octanol–water partition coefficient (Wildman–Crippen LogP) is 3.76. The highest BCUT2D eigenvalue weighted by molar-refractivity contribution is 5.73. The van der Waals surface area contributed by atoms with E-state index < -0.39 is 23.7 Å². The normalized spacial score (nSPS) is 12.9. The molecule has 1 amide bonds. The molecule has 0 aromatic heterocycles. The van der Waals surface area contributed by atoms with Crippen molar-refractivity contribution in [2.75, 3.05) is 0 Å². The molecule has 5 heteroatoms. The van der Waals surface area contributed by atoms with E-state index in [0.29, 0.717) is 0 Å². The maximum atomic E-state index is 12.3. The highest BCUT2D eigenvalue weighted by Gasteiger charge is 2.25. The van der Waals surface area contributed by atoms with Gasteiger partial charge in [0.05, 0.1) is 6.42 Å². The summed E-state index contributed by atoms with van der Waals surface area (Å²) in [6.45, 7) is 6.98. The number of nitrogens with zero attached hydrogens (tertiary/aromatic N) is 1. The number of hydrogen-bond donors (Lipinski definition) is 1. The van der Waals surface area contributed by atoms with Crippen LogP contribution in [0.1, 0.15) is 39.7 Å². The van der Waals surface area contributed by atoms with Gasteiger partial charge in [-0.05, 0) is 39.3 Å². The van der Waals surface area contributed by atoms with E-state index in [2.05, 4.69) is 0 Å². The fraction of sp³-hybridized carbons (Fsp3) is 0.412. The molecule has 1 aromatic carbocycles. The molecule has 120 valence electrons. The molecule has 22 heavy (non-hydrogen) atoms. The largest absolute Gasteiger partial charge is 0.481 e. The van der Waals surface area contributed by atoms with Crippen molar-refractivity contribution in [1.82, 2.24) is 4.90 Å². The van der Waals surface area contributed by atoms with Crippen molar-refractivity contribution in [2.45, 2.75) is 45.8 Å². The third-order valence-corrected chi connectivity index (χ3v) is 2.78. The lowest BCUT2D eigenvalue weighted by Gasteiger charge is -2.28. The Labute approximate surface area is 131 Å². The second-order valence-corrected chi connectivity index (χ2v) is 6.06. The number of aliphatic carboxylic acids is 1. The number of carbonyl (C=O) groups excluding carboxylic acids is 1. The van der Waals surface area contributed by atoms with E-state index in [0.717, 1.165) is 5.56 Å². The molecule has 0 bridgehead atoms. The van der Waals surface area contributed by atoms with Crippen molar-refractivity contribution < 1.29 is 19.4 Å². The van der Waals surface area contributed by atoms with Gasteiger partial charge >= 0.3 is 12.1 Å². The van der Waals surface area contributed by atoms with Crippen LogP contribution in [-0.2, 0) is 9.53 Å². The van der Waals surface area contributed by atoms with Crippen molar-refractivity contribution in [1.29, 1.82) is 0 Å². The lowest BCUT2D eigenvalue weighted by Crippen LogP contribution is -2.39. The Morgan fingerprint density at radius 3 is 2.36 bits per heavy atom. The first-order valence-corrected chi connectivity index (χ1v) is 7.15. The van der Waals surface area contributed by atoms with Gasteiger partial charge in [-0.25, -0.2) is 4.79 Å². The van der Waals surface area contributed by atoms with Crippen LogP contribution >= 0.6 is 0 Å². The maximum absolute atomic E-state index is 12.3. The van der Waals surface area contributed by atoms with Gasteiger partial charge in [-0.2, -0.15) is 0 Å². The van der Waals surface area contributed by atoms with Crippen molar-refractivity contribution >= 4 is 18.1 Å². The molecule has 0 radical (unpaired) electrons. The zero-order valence-electron chi connectivity index (χ0n) is 13.4. The fourth-order valence-corrected chi connectivity index (χ4v) is 1.78. The van der Waals surface area contributed by atoms with E-state index in [-0.39, 0.29) is 6.42 Å². The first kappa shape index (κ1) is 17.8. The highest BCUT2D eigenvalue weighted by atomic mass is 16.6. The third-order valence-electron chi connectivity index (χ3n) is 2.78. The maximum Gasteiger partial charge on any atom is 0.414 e. The zero-order valence-corrected chi connectivity index (χ0v) is 13.4. The summed E-state index contributed by atoms with van der Waals surface area (Å²) < 4.78 is 5.33. The van der Waals surface area contributed by atoms with Gasteiger partial charge in [0.1, 0.15) is 5.60 Å². The molecule has 0 aliphatic carbocycles. The lowest BCUT2D eigenvalue weighted by molar-refractivity contribution is -0.137. The van der Waals surface area contributed by atoms with Crippen LogP contribution in [0.2, 0.25) is 0 Å². The van der Waals surface area contributed by atoms with Gasteiger partial charge in [-0.3, -0.25) is 9.69 Å². The zero-order chi connectivity index (χ0) is 16.8. The molecule has 1 unspecified atom stereocenters. The predicted molar refractivity (Wildman–Crippen MR) is 85.3 cm³/mol. The molecule has 0 saturated carbocycles. The molecular weight excluding hydrogens is 282 g/mol. The van der Waals surface area contributed by atoms with Crippen LogP contribution in [-0.4, -0.2) is 33.7 Å². The van der Waals surface area contributed by atoms with Gasteiger partial charge in [0.25, 0.3) is 0 Å². The van der Waals surface area contributed by atoms with E-state index >= 15 is 0 Å². The lowest BCUT2D eigenvalue weighted by atomic mass is 10.2. The second-order valence-electron chi connectivity index (χ2n) is 6.06. The molecule has 0 saturated heterocycles. The summed E-state index contributed by atoms with van der Waals surface area (Å²) in [5.74, 6) is -0.964. The topological polar surface area (TPSA) is 66.8 Å². The summed E-state index contributed by atoms with van der Waals surface area (Å²) in [5, 5.41) is 8.93. The minimum absolute atomic E-state index is 0.154. The Morgan fingerprint density at radius 2 is 1.86 bits per heavy atom. The molecule has 0 heterocycles. The molecule has 1 atom stereocenters. The molecular formula is C17H23NO4. The van der Waals surface area contributed by atoms with Crippen LogP contribution in [0, 0.1) is 0 Å². The number of carboxylic acid groups (broad SMARTS) is 1. The van der Waals surface area contributed by atoms with Gasteiger partial charge < -0.3 is 9.84 Å². The molecule has 1 aromatic rings. The molecule has 0 aliphatic rings. The van der Waals surface area contributed by atoms with Crippen LogP contribution < -0.4 is 0 Å². The first-order valence-electron chi connectivity index (χ1n) is 7.15. The first-order chi connectivity index (χ1) is 10.2. The number of carbonyl (C=O) groups is 2. The molecule has 5 nitrogen and oxygen atoms in total. The smallest absolute Gasteiger partial charge is 0.414 e. The SMILES string of the molecule is CC(CC(=O)O)N(C=Cc1ccccc1)C(=O)OC(C)(C)C. The number of carboxylic acids is 1. The van der Waals surface area contributed by atoms with Crippen molar-refractivity contribution in [3.8, 4) is 0 Å². The Hall–Kier alpha value is -2.30. The van der Waals surface area contributed by atoms with Crippen molar-refractivity contribution in [3.05, 3.63) is 42.1 Å². The van der Waals surface area contributed by atoms with Gasteiger partial charge in [-0.15, -0.1) is 0 Å². The molecule has 1 rings (SSSR count). The van der Waals surface area contributed by atoms with Crippen LogP contribution in [0.3, 0.4) is 0 Å². The number of hydrogen-bond acceptors (Lipinski definition) is 3. The summed E-state index contributed by atoms with van der Waals surface area (Å²) in [4.78, 5) is 24.5. The molecule has 0 aliphatic heterocycles. The Bertz CT molecular complexity index is 531.